The van der Waals surface area contributed by atoms with Crippen molar-refractivity contribution >= 4 is 0 Å². The number of nitrogens with zero attached hydrogens (tertiary/aromatic N) is 2. The van der Waals surface area contributed by atoms with Gasteiger partial charge in [-0.1, -0.05) is 6.42 Å². The maximum absolute atomic E-state index is 4.53. The molecule has 0 spiro atoms. The first kappa shape index (κ1) is 9.75. The molecule has 0 N–H and O–H groups in total. The normalized spacial score (nSPS) is 17.6. The van der Waals surface area contributed by atoms with Crippen molar-refractivity contribution in [1.29, 1.82) is 0 Å². The molecule has 0 bridgehead atoms. The van der Waals surface area contributed by atoms with Crippen molar-refractivity contribution in [2.24, 2.45) is 0 Å². The van der Waals surface area contributed by atoms with Gasteiger partial charge in [0.2, 0.25) is 0 Å². The van der Waals surface area contributed by atoms with Crippen LogP contribution in [0.2, 0.25) is 0 Å². The molecule has 1 heterocycles. The van der Waals surface area contributed by atoms with Gasteiger partial charge in [0.05, 0.1) is 11.7 Å². The average Bonchev–Trinajstić information content (AvgIpc) is 2.36. The lowest BCUT2D eigenvalue weighted by molar-refractivity contribution is 0.342. The van der Waals surface area contributed by atoms with Gasteiger partial charge in [-0.3, -0.25) is 4.68 Å². The quantitative estimate of drug-likeness (QED) is 0.578. The summed E-state index contributed by atoms with van der Waals surface area (Å²) in [4.78, 5) is 0. The second-order valence-corrected chi connectivity index (χ2v) is 5.26. The maximum atomic E-state index is 4.53. The number of hydrogen-bond donors (Lipinski definition) is 0. The van der Waals surface area contributed by atoms with E-state index in [1.807, 2.05) is 0 Å². The Hall–Kier alpha value is -0.790. The van der Waals surface area contributed by atoms with Gasteiger partial charge in [-0.15, -0.1) is 0 Å². The molecule has 0 amide bonds. The summed E-state index contributed by atoms with van der Waals surface area (Å²) in [5.41, 5.74) is 3.10. The van der Waals surface area contributed by atoms with Gasteiger partial charge < -0.3 is 0 Å². The Morgan fingerprint density at radius 1 is 1.14 bits per heavy atom. The van der Waals surface area contributed by atoms with Gasteiger partial charge in [0.1, 0.15) is 0 Å². The summed E-state index contributed by atoms with van der Waals surface area (Å²) in [6.45, 7) is 6.68. The number of fused-ring (bicyclic) bond motifs is 1. The minimum atomic E-state index is 0.137. The smallest absolute Gasteiger partial charge is 0.0546 e. The Labute approximate surface area is 86.3 Å². The van der Waals surface area contributed by atoms with Gasteiger partial charge in [0.25, 0.3) is 0 Å². The van der Waals surface area contributed by atoms with Crippen LogP contribution in [0.25, 0.3) is 0 Å². The summed E-state index contributed by atoms with van der Waals surface area (Å²) >= 11 is 0. The molecule has 2 nitrogen and oxygen atoms in total. The summed E-state index contributed by atoms with van der Waals surface area (Å²) in [6.07, 6.45) is 8.56. The van der Waals surface area contributed by atoms with E-state index in [9.17, 15) is 0 Å². The first-order valence-corrected chi connectivity index (χ1v) is 5.65. The van der Waals surface area contributed by atoms with E-state index in [0.717, 1.165) is 0 Å². The van der Waals surface area contributed by atoms with Crippen molar-refractivity contribution in [1.82, 2.24) is 9.78 Å². The lowest BCUT2D eigenvalue weighted by atomic mass is 10.1. The predicted molar refractivity (Wildman–Crippen MR) is 58.5 cm³/mol. The zero-order chi connectivity index (χ0) is 10.2. The summed E-state index contributed by atoms with van der Waals surface area (Å²) in [5, 5.41) is 4.53. The van der Waals surface area contributed by atoms with Gasteiger partial charge in [-0.25, -0.2) is 0 Å². The van der Waals surface area contributed by atoms with Gasteiger partial charge in [-0.05, 0) is 52.0 Å². The molecule has 0 radical (unpaired) electrons. The molecule has 0 aromatic carbocycles. The minimum absolute atomic E-state index is 0.137. The molecule has 1 aliphatic rings. The number of aryl methyl sites for hydroxylation is 1. The third kappa shape index (κ3) is 1.70. The van der Waals surface area contributed by atoms with Crippen LogP contribution in [0.4, 0.5) is 0 Å². The first-order valence-electron chi connectivity index (χ1n) is 5.65. The monoisotopic (exact) mass is 192 g/mol. The number of hydrogen-bond acceptors (Lipinski definition) is 1. The molecule has 0 fully saturated rings. The Bertz CT molecular complexity index is 318. The van der Waals surface area contributed by atoms with Crippen LogP contribution >= 0.6 is 0 Å². The molecule has 0 aliphatic heterocycles. The minimum Gasteiger partial charge on any atom is -0.264 e. The average molecular weight is 192 g/mol. The molecule has 1 aromatic heterocycles. The second-order valence-electron chi connectivity index (χ2n) is 5.26. The van der Waals surface area contributed by atoms with E-state index in [1.165, 1.54) is 43.4 Å². The van der Waals surface area contributed by atoms with E-state index in [4.69, 9.17) is 0 Å². The highest BCUT2D eigenvalue weighted by atomic mass is 15.3. The molecular weight excluding hydrogens is 172 g/mol. The third-order valence-electron chi connectivity index (χ3n) is 2.95. The highest BCUT2D eigenvalue weighted by molar-refractivity contribution is 5.20. The Balaban J connectivity index is 2.39. The predicted octanol–water partition coefficient (Wildman–Crippen LogP) is 2.91. The van der Waals surface area contributed by atoms with Crippen LogP contribution in [-0.4, -0.2) is 9.78 Å². The van der Waals surface area contributed by atoms with Crippen LogP contribution in [0.5, 0.6) is 0 Å². The van der Waals surface area contributed by atoms with Crippen LogP contribution in [0.3, 0.4) is 0 Å². The molecule has 2 heteroatoms. The van der Waals surface area contributed by atoms with Crippen molar-refractivity contribution in [3.8, 4) is 0 Å². The maximum Gasteiger partial charge on any atom is 0.0546 e. The number of rotatable bonds is 0. The summed E-state index contributed by atoms with van der Waals surface area (Å²) in [5.74, 6) is 0. The molecular formula is C12H20N2. The second kappa shape index (κ2) is 3.41. The molecule has 2 rings (SSSR count). The van der Waals surface area contributed by atoms with Crippen LogP contribution < -0.4 is 0 Å². The highest BCUT2D eigenvalue weighted by Crippen LogP contribution is 2.24. The zero-order valence-electron chi connectivity index (χ0n) is 9.51. The molecule has 14 heavy (non-hydrogen) atoms. The van der Waals surface area contributed by atoms with Crippen molar-refractivity contribution in [3.05, 3.63) is 17.5 Å². The van der Waals surface area contributed by atoms with Crippen LogP contribution in [0.1, 0.15) is 51.3 Å². The van der Waals surface area contributed by atoms with Gasteiger partial charge in [0.15, 0.2) is 0 Å². The topological polar surface area (TPSA) is 17.8 Å². The van der Waals surface area contributed by atoms with Gasteiger partial charge in [-0.2, -0.15) is 5.10 Å². The summed E-state index contributed by atoms with van der Waals surface area (Å²) in [7, 11) is 0. The Kier molecular flexibility index (Phi) is 2.38. The first-order chi connectivity index (χ1) is 6.59. The molecule has 0 saturated carbocycles. The highest BCUT2D eigenvalue weighted by Gasteiger charge is 2.21. The van der Waals surface area contributed by atoms with E-state index >= 15 is 0 Å². The van der Waals surface area contributed by atoms with Crippen LogP contribution in [0.15, 0.2) is 6.20 Å². The van der Waals surface area contributed by atoms with Crippen molar-refractivity contribution in [2.45, 2.75) is 58.4 Å². The summed E-state index contributed by atoms with van der Waals surface area (Å²) in [6, 6.07) is 0. The molecule has 0 saturated heterocycles. The number of aromatic nitrogens is 2. The largest absolute Gasteiger partial charge is 0.264 e. The fraction of sp³-hybridized carbons (Fsp3) is 0.750. The van der Waals surface area contributed by atoms with E-state index in [0.29, 0.717) is 0 Å². The van der Waals surface area contributed by atoms with E-state index in [-0.39, 0.29) is 5.54 Å². The molecule has 0 unspecified atom stereocenters. The lowest BCUT2D eigenvalue weighted by Gasteiger charge is -2.22. The van der Waals surface area contributed by atoms with E-state index in [2.05, 4.69) is 36.7 Å². The van der Waals surface area contributed by atoms with Gasteiger partial charge >= 0.3 is 0 Å². The van der Waals surface area contributed by atoms with E-state index < -0.39 is 0 Å². The standard InChI is InChI=1S/C12H20N2/c1-12(2,3)14-11-8-6-4-5-7-10(11)9-13-14/h9H,4-8H2,1-3H3. The van der Waals surface area contributed by atoms with Crippen molar-refractivity contribution in [2.75, 3.05) is 0 Å². The summed E-state index contributed by atoms with van der Waals surface area (Å²) < 4.78 is 2.22. The SMILES string of the molecule is CC(C)(C)n1ncc2c1CCCCC2. The molecule has 1 aromatic rings. The van der Waals surface area contributed by atoms with E-state index in [1.54, 1.807) is 0 Å². The fourth-order valence-corrected chi connectivity index (χ4v) is 2.25. The fourth-order valence-electron chi connectivity index (χ4n) is 2.25. The Morgan fingerprint density at radius 3 is 2.57 bits per heavy atom. The lowest BCUT2D eigenvalue weighted by Crippen LogP contribution is -2.25. The Morgan fingerprint density at radius 2 is 1.86 bits per heavy atom. The zero-order valence-corrected chi connectivity index (χ0v) is 9.51. The van der Waals surface area contributed by atoms with Gasteiger partial charge in [0, 0.05) is 5.69 Å². The van der Waals surface area contributed by atoms with Crippen LogP contribution in [0, 0.1) is 0 Å². The third-order valence-corrected chi connectivity index (χ3v) is 2.95. The van der Waals surface area contributed by atoms with Crippen LogP contribution in [-0.2, 0) is 18.4 Å². The molecule has 1 aliphatic carbocycles. The van der Waals surface area contributed by atoms with Crippen molar-refractivity contribution < 1.29 is 0 Å². The van der Waals surface area contributed by atoms with Crippen molar-refractivity contribution in [3.63, 3.8) is 0 Å². The molecule has 78 valence electrons. The molecule has 0 atom stereocenters.